The van der Waals surface area contributed by atoms with E-state index < -0.39 is 0 Å². The van der Waals surface area contributed by atoms with E-state index in [4.69, 9.17) is 0 Å². The molecule has 96 valence electrons. The Kier molecular flexibility index (Phi) is 5.18. The summed E-state index contributed by atoms with van der Waals surface area (Å²) in [6.45, 7) is 6.17. The molecule has 0 atom stereocenters. The standard InChI is InChI=1S/C12H19N3O.ClH/c1-9(2)15-12(4-6-14-15)11-7-13-5-3-10(11)8-16;/h4,6,9,13,16H,3,5,7-8H2,1-2H3;1H. The zero-order valence-electron chi connectivity index (χ0n) is 10.3. The van der Waals surface area contributed by atoms with Crippen molar-refractivity contribution in [2.24, 2.45) is 0 Å². The number of aliphatic hydroxyl groups excluding tert-OH is 1. The zero-order chi connectivity index (χ0) is 11.5. The van der Waals surface area contributed by atoms with Crippen molar-refractivity contribution in [2.75, 3.05) is 19.7 Å². The van der Waals surface area contributed by atoms with Crippen LogP contribution in [0.1, 0.15) is 32.0 Å². The maximum atomic E-state index is 9.37. The Morgan fingerprint density at radius 3 is 2.94 bits per heavy atom. The summed E-state index contributed by atoms with van der Waals surface area (Å²) in [5.41, 5.74) is 3.48. The summed E-state index contributed by atoms with van der Waals surface area (Å²) < 4.78 is 2.01. The second-order valence-corrected chi connectivity index (χ2v) is 4.42. The molecule has 1 aromatic rings. The maximum Gasteiger partial charge on any atom is 0.0658 e. The first-order chi connectivity index (χ1) is 7.74. The van der Waals surface area contributed by atoms with Crippen molar-refractivity contribution in [3.8, 4) is 0 Å². The SMILES string of the molecule is CC(C)n1nccc1C1=C(CO)CCNC1.Cl. The molecule has 0 aliphatic carbocycles. The average molecular weight is 258 g/mol. The summed E-state index contributed by atoms with van der Waals surface area (Å²) in [6, 6.07) is 2.37. The van der Waals surface area contributed by atoms with Crippen molar-refractivity contribution in [3.63, 3.8) is 0 Å². The summed E-state index contributed by atoms with van der Waals surface area (Å²) in [6.07, 6.45) is 2.75. The van der Waals surface area contributed by atoms with E-state index in [1.165, 1.54) is 5.57 Å². The van der Waals surface area contributed by atoms with Crippen LogP contribution in [0.2, 0.25) is 0 Å². The number of hydrogen-bond donors (Lipinski definition) is 2. The normalized spacial score (nSPS) is 16.2. The molecule has 0 spiro atoms. The molecule has 2 heterocycles. The Balaban J connectivity index is 0.00000144. The lowest BCUT2D eigenvalue weighted by Crippen LogP contribution is -2.26. The summed E-state index contributed by atoms with van der Waals surface area (Å²) >= 11 is 0. The predicted octanol–water partition coefficient (Wildman–Crippen LogP) is 1.62. The molecule has 5 heteroatoms. The number of aromatic nitrogens is 2. The van der Waals surface area contributed by atoms with Crippen LogP contribution in [0.3, 0.4) is 0 Å². The minimum absolute atomic E-state index is 0. The summed E-state index contributed by atoms with van der Waals surface area (Å²) in [4.78, 5) is 0. The van der Waals surface area contributed by atoms with Gasteiger partial charge in [0, 0.05) is 18.8 Å². The molecule has 2 rings (SSSR count). The average Bonchev–Trinajstić information content (AvgIpc) is 2.77. The highest BCUT2D eigenvalue weighted by molar-refractivity contribution is 5.85. The third-order valence-corrected chi connectivity index (χ3v) is 2.99. The molecule has 1 aliphatic heterocycles. The number of rotatable bonds is 3. The van der Waals surface area contributed by atoms with Crippen molar-refractivity contribution in [1.82, 2.24) is 15.1 Å². The van der Waals surface area contributed by atoms with E-state index in [2.05, 4.69) is 24.3 Å². The molecule has 0 bridgehead atoms. The van der Waals surface area contributed by atoms with Gasteiger partial charge in [-0.05, 0) is 44.0 Å². The van der Waals surface area contributed by atoms with Crippen LogP contribution in [0, 0.1) is 0 Å². The van der Waals surface area contributed by atoms with Gasteiger partial charge < -0.3 is 10.4 Å². The number of aliphatic hydroxyl groups is 1. The van der Waals surface area contributed by atoms with Gasteiger partial charge in [-0.25, -0.2) is 0 Å². The van der Waals surface area contributed by atoms with Gasteiger partial charge >= 0.3 is 0 Å². The molecule has 4 nitrogen and oxygen atoms in total. The highest BCUT2D eigenvalue weighted by atomic mass is 35.5. The van der Waals surface area contributed by atoms with Gasteiger partial charge in [0.25, 0.3) is 0 Å². The number of halogens is 1. The van der Waals surface area contributed by atoms with Crippen molar-refractivity contribution >= 4 is 18.0 Å². The largest absolute Gasteiger partial charge is 0.392 e. The number of hydrogen-bond acceptors (Lipinski definition) is 3. The van der Waals surface area contributed by atoms with Crippen LogP contribution in [0.5, 0.6) is 0 Å². The third-order valence-electron chi connectivity index (χ3n) is 2.99. The fourth-order valence-electron chi connectivity index (χ4n) is 2.14. The molecule has 0 radical (unpaired) electrons. The van der Waals surface area contributed by atoms with Gasteiger partial charge in [-0.15, -0.1) is 12.4 Å². The van der Waals surface area contributed by atoms with Gasteiger partial charge in [-0.2, -0.15) is 5.10 Å². The topological polar surface area (TPSA) is 50.1 Å². The summed E-state index contributed by atoms with van der Waals surface area (Å²) in [7, 11) is 0. The van der Waals surface area contributed by atoms with Crippen LogP contribution in [-0.2, 0) is 0 Å². The van der Waals surface area contributed by atoms with Crippen molar-refractivity contribution < 1.29 is 5.11 Å². The molecule has 0 fully saturated rings. The van der Waals surface area contributed by atoms with E-state index >= 15 is 0 Å². The molecule has 0 unspecified atom stereocenters. The van der Waals surface area contributed by atoms with Gasteiger partial charge in [0.15, 0.2) is 0 Å². The van der Waals surface area contributed by atoms with Crippen LogP contribution in [0.25, 0.3) is 5.57 Å². The Labute approximate surface area is 108 Å². The van der Waals surface area contributed by atoms with Gasteiger partial charge in [-0.3, -0.25) is 4.68 Å². The van der Waals surface area contributed by atoms with Crippen molar-refractivity contribution in [2.45, 2.75) is 26.3 Å². The Bertz CT molecular complexity index is 398. The lowest BCUT2D eigenvalue weighted by molar-refractivity contribution is 0.324. The fraction of sp³-hybridized carbons (Fsp3) is 0.583. The third kappa shape index (κ3) is 2.89. The van der Waals surface area contributed by atoms with Crippen LogP contribution in [0.4, 0.5) is 0 Å². The van der Waals surface area contributed by atoms with Crippen LogP contribution in [-0.4, -0.2) is 34.6 Å². The Morgan fingerprint density at radius 1 is 1.53 bits per heavy atom. The van der Waals surface area contributed by atoms with E-state index in [0.29, 0.717) is 6.04 Å². The van der Waals surface area contributed by atoms with Crippen LogP contribution >= 0.6 is 12.4 Å². The molecular formula is C12H20ClN3O. The highest BCUT2D eigenvalue weighted by Gasteiger charge is 2.17. The first kappa shape index (κ1) is 14.2. The van der Waals surface area contributed by atoms with Gasteiger partial charge in [0.05, 0.1) is 12.3 Å². The lowest BCUT2D eigenvalue weighted by atomic mass is 9.99. The Hall–Kier alpha value is -0.840. The number of nitrogens with zero attached hydrogens (tertiary/aromatic N) is 2. The van der Waals surface area contributed by atoms with Crippen LogP contribution in [0.15, 0.2) is 17.8 Å². The van der Waals surface area contributed by atoms with E-state index in [-0.39, 0.29) is 19.0 Å². The Morgan fingerprint density at radius 2 is 2.29 bits per heavy atom. The smallest absolute Gasteiger partial charge is 0.0658 e. The fourth-order valence-corrected chi connectivity index (χ4v) is 2.14. The highest BCUT2D eigenvalue weighted by Crippen LogP contribution is 2.24. The zero-order valence-corrected chi connectivity index (χ0v) is 11.1. The van der Waals surface area contributed by atoms with Crippen molar-refractivity contribution in [3.05, 3.63) is 23.5 Å². The molecular weight excluding hydrogens is 238 g/mol. The molecule has 0 saturated heterocycles. The van der Waals surface area contributed by atoms with Gasteiger partial charge in [-0.1, -0.05) is 0 Å². The lowest BCUT2D eigenvalue weighted by Gasteiger charge is -2.22. The minimum Gasteiger partial charge on any atom is -0.392 e. The second-order valence-electron chi connectivity index (χ2n) is 4.42. The van der Waals surface area contributed by atoms with Crippen molar-refractivity contribution in [1.29, 1.82) is 0 Å². The van der Waals surface area contributed by atoms with E-state index in [0.717, 1.165) is 30.8 Å². The second kappa shape index (κ2) is 6.19. The van der Waals surface area contributed by atoms with E-state index in [1.807, 2.05) is 16.9 Å². The van der Waals surface area contributed by atoms with Crippen LogP contribution < -0.4 is 5.32 Å². The molecule has 17 heavy (non-hydrogen) atoms. The van der Waals surface area contributed by atoms with Gasteiger partial charge in [0.1, 0.15) is 0 Å². The predicted molar refractivity (Wildman–Crippen MR) is 71.4 cm³/mol. The first-order valence-corrected chi connectivity index (χ1v) is 5.80. The van der Waals surface area contributed by atoms with Gasteiger partial charge in [0.2, 0.25) is 0 Å². The quantitative estimate of drug-likeness (QED) is 0.865. The summed E-state index contributed by atoms with van der Waals surface area (Å²) in [5, 5.41) is 17.1. The van der Waals surface area contributed by atoms with E-state index in [9.17, 15) is 5.11 Å². The molecule has 2 N–H and O–H groups in total. The molecule has 0 amide bonds. The molecule has 1 aromatic heterocycles. The summed E-state index contributed by atoms with van der Waals surface area (Å²) in [5.74, 6) is 0. The first-order valence-electron chi connectivity index (χ1n) is 5.80. The van der Waals surface area contributed by atoms with E-state index in [1.54, 1.807) is 0 Å². The maximum absolute atomic E-state index is 9.37. The number of nitrogens with one attached hydrogen (secondary N) is 1. The monoisotopic (exact) mass is 257 g/mol. The molecule has 0 saturated carbocycles. The minimum atomic E-state index is 0. The molecule has 0 aromatic carbocycles. The molecule has 1 aliphatic rings.